The monoisotopic (exact) mass is 357 g/mol. The van der Waals surface area contributed by atoms with Gasteiger partial charge in [0.1, 0.15) is 0 Å². The highest BCUT2D eigenvalue weighted by atomic mass is 35.5. The number of hydrogen-bond donors (Lipinski definition) is 1. The topological polar surface area (TPSA) is 58.6 Å². The summed E-state index contributed by atoms with van der Waals surface area (Å²) in [6, 6.07) is 15.2. The molecule has 0 saturated carbocycles. The highest BCUT2D eigenvalue weighted by molar-refractivity contribution is 7.99. The second-order valence-corrected chi connectivity index (χ2v) is 6.56. The van der Waals surface area contributed by atoms with Crippen LogP contribution < -0.4 is 0 Å². The number of carbonyl (C=O) groups excluding carboxylic acids is 1. The molecule has 0 bridgehead atoms. The maximum Gasteiger partial charge on any atom is 0.209 e. The van der Waals surface area contributed by atoms with Crippen molar-refractivity contribution in [1.29, 1.82) is 0 Å². The van der Waals surface area contributed by atoms with Crippen molar-refractivity contribution in [1.82, 2.24) is 15.2 Å². The third-order valence-corrected chi connectivity index (χ3v) is 4.78. The predicted molar refractivity (Wildman–Crippen MR) is 97.7 cm³/mol. The molecule has 1 N–H and O–H groups in total. The zero-order chi connectivity index (χ0) is 16.9. The molecule has 0 atom stereocenters. The van der Waals surface area contributed by atoms with Crippen molar-refractivity contribution in [3.63, 3.8) is 0 Å². The predicted octanol–water partition coefficient (Wildman–Crippen LogP) is 4.66. The molecule has 4 nitrogen and oxygen atoms in total. The number of nitrogens with one attached hydrogen (secondary N) is 1. The first-order chi connectivity index (χ1) is 11.7. The molecule has 3 rings (SSSR count). The fraction of sp³-hybridized carbons (Fsp3) is 0.167. The van der Waals surface area contributed by atoms with Crippen LogP contribution in [-0.4, -0.2) is 26.7 Å². The van der Waals surface area contributed by atoms with E-state index in [0.29, 0.717) is 21.6 Å². The largest absolute Gasteiger partial charge is 0.293 e. The molecule has 6 heteroatoms. The second-order valence-electron chi connectivity index (χ2n) is 5.21. The van der Waals surface area contributed by atoms with Crippen molar-refractivity contribution >= 4 is 29.1 Å². The van der Waals surface area contributed by atoms with Gasteiger partial charge in [0.2, 0.25) is 5.16 Å². The zero-order valence-electron chi connectivity index (χ0n) is 13.1. The number of ketones is 1. The third kappa shape index (κ3) is 3.86. The maximum absolute atomic E-state index is 12.2. The Balaban J connectivity index is 1.66. The average Bonchev–Trinajstić information content (AvgIpc) is 3.09. The number of benzene rings is 2. The molecule has 1 heterocycles. The summed E-state index contributed by atoms with van der Waals surface area (Å²) in [6.45, 7) is 2.12. The number of H-pyrrole nitrogens is 1. The molecule has 0 amide bonds. The van der Waals surface area contributed by atoms with Crippen LogP contribution >= 0.6 is 23.4 Å². The second kappa shape index (κ2) is 7.64. The molecule has 0 aliphatic heterocycles. The molecule has 0 aliphatic carbocycles. The summed E-state index contributed by atoms with van der Waals surface area (Å²) in [7, 11) is 0. The molecule has 1 aromatic heterocycles. The number of aromatic amines is 1. The molecule has 0 radical (unpaired) electrons. The van der Waals surface area contributed by atoms with Crippen molar-refractivity contribution in [3.05, 3.63) is 64.7 Å². The first-order valence-corrected chi connectivity index (χ1v) is 8.96. The Morgan fingerprint density at radius 3 is 2.62 bits per heavy atom. The van der Waals surface area contributed by atoms with E-state index in [2.05, 4.69) is 34.2 Å². The number of thioether (sulfide) groups is 1. The van der Waals surface area contributed by atoms with Gasteiger partial charge >= 0.3 is 0 Å². The number of hydrogen-bond acceptors (Lipinski definition) is 4. The van der Waals surface area contributed by atoms with Gasteiger partial charge in [-0.05, 0) is 24.1 Å². The Morgan fingerprint density at radius 1 is 1.17 bits per heavy atom. The summed E-state index contributed by atoms with van der Waals surface area (Å²) >= 11 is 7.34. The number of nitrogens with zero attached hydrogens (tertiary/aromatic N) is 2. The van der Waals surface area contributed by atoms with Crippen LogP contribution in [0.5, 0.6) is 0 Å². The quantitative estimate of drug-likeness (QED) is 0.514. The molecule has 24 heavy (non-hydrogen) atoms. The van der Waals surface area contributed by atoms with Gasteiger partial charge in [-0.25, -0.2) is 4.98 Å². The third-order valence-electron chi connectivity index (χ3n) is 3.61. The lowest BCUT2D eigenvalue weighted by Crippen LogP contribution is -2.03. The Morgan fingerprint density at radius 2 is 1.92 bits per heavy atom. The van der Waals surface area contributed by atoms with Gasteiger partial charge < -0.3 is 0 Å². The molecule has 0 spiro atoms. The Bertz CT molecular complexity index is 845. The van der Waals surface area contributed by atoms with Gasteiger partial charge in [0.25, 0.3) is 0 Å². The minimum Gasteiger partial charge on any atom is -0.293 e. The van der Waals surface area contributed by atoms with Crippen molar-refractivity contribution in [2.24, 2.45) is 0 Å². The van der Waals surface area contributed by atoms with E-state index in [1.807, 2.05) is 12.1 Å². The van der Waals surface area contributed by atoms with Crippen LogP contribution in [0.1, 0.15) is 22.8 Å². The SMILES string of the molecule is CCc1ccc(-c2nc(SCC(=O)c3ccccc3Cl)n[nH]2)cc1. The summed E-state index contributed by atoms with van der Waals surface area (Å²) in [5.74, 6) is 0.907. The minimum absolute atomic E-state index is 0.0377. The highest BCUT2D eigenvalue weighted by Crippen LogP contribution is 2.22. The van der Waals surface area contributed by atoms with Crippen LogP contribution in [0.3, 0.4) is 0 Å². The minimum atomic E-state index is -0.0377. The van der Waals surface area contributed by atoms with E-state index in [1.165, 1.54) is 17.3 Å². The molecular weight excluding hydrogens is 342 g/mol. The summed E-state index contributed by atoms with van der Waals surface area (Å²) < 4.78 is 0. The molecular formula is C18H16ClN3OS. The lowest BCUT2D eigenvalue weighted by molar-refractivity contribution is 0.102. The summed E-state index contributed by atoms with van der Waals surface area (Å²) in [5.41, 5.74) is 2.78. The van der Waals surface area contributed by atoms with Crippen molar-refractivity contribution < 1.29 is 4.79 Å². The van der Waals surface area contributed by atoms with E-state index in [-0.39, 0.29) is 11.5 Å². The van der Waals surface area contributed by atoms with E-state index >= 15 is 0 Å². The number of Topliss-reactive ketones (excluding diaryl/α,β-unsaturated/α-hetero) is 1. The Kier molecular flexibility index (Phi) is 5.33. The van der Waals surface area contributed by atoms with E-state index in [4.69, 9.17) is 11.6 Å². The first kappa shape index (κ1) is 16.7. The molecule has 0 aliphatic rings. The molecule has 0 saturated heterocycles. The van der Waals surface area contributed by atoms with E-state index in [1.54, 1.807) is 24.3 Å². The van der Waals surface area contributed by atoms with Gasteiger partial charge in [0.05, 0.1) is 10.8 Å². The summed E-state index contributed by atoms with van der Waals surface area (Å²) in [4.78, 5) is 16.7. The van der Waals surface area contributed by atoms with Crippen LogP contribution in [0, 0.1) is 0 Å². The molecule has 122 valence electrons. The standard InChI is InChI=1S/C18H16ClN3OS/c1-2-12-7-9-13(10-8-12)17-20-18(22-21-17)24-11-16(23)14-5-3-4-6-15(14)19/h3-10H,2,11H2,1H3,(H,20,21,22). The summed E-state index contributed by atoms with van der Waals surface area (Å²) in [6.07, 6.45) is 1.00. The van der Waals surface area contributed by atoms with E-state index < -0.39 is 0 Å². The number of aryl methyl sites for hydroxylation is 1. The van der Waals surface area contributed by atoms with Gasteiger partial charge in [-0.2, -0.15) is 0 Å². The number of aromatic nitrogens is 3. The fourth-order valence-electron chi connectivity index (χ4n) is 2.23. The first-order valence-electron chi connectivity index (χ1n) is 7.59. The lowest BCUT2D eigenvalue weighted by atomic mass is 10.1. The normalized spacial score (nSPS) is 10.8. The zero-order valence-corrected chi connectivity index (χ0v) is 14.7. The van der Waals surface area contributed by atoms with Crippen molar-refractivity contribution in [3.8, 4) is 11.4 Å². The lowest BCUT2D eigenvalue weighted by Gasteiger charge is -2.01. The van der Waals surface area contributed by atoms with E-state index in [9.17, 15) is 4.79 Å². The highest BCUT2D eigenvalue weighted by Gasteiger charge is 2.12. The summed E-state index contributed by atoms with van der Waals surface area (Å²) in [5, 5.41) is 8.09. The Hall–Kier alpha value is -2.11. The van der Waals surface area contributed by atoms with Crippen molar-refractivity contribution in [2.75, 3.05) is 5.75 Å². The molecule has 0 fully saturated rings. The van der Waals surface area contributed by atoms with Gasteiger partial charge in [-0.1, -0.05) is 66.7 Å². The van der Waals surface area contributed by atoms with Gasteiger partial charge in [-0.3, -0.25) is 9.89 Å². The van der Waals surface area contributed by atoms with Gasteiger partial charge in [-0.15, -0.1) is 5.10 Å². The fourth-order valence-corrected chi connectivity index (χ4v) is 3.16. The number of halogens is 1. The smallest absolute Gasteiger partial charge is 0.209 e. The maximum atomic E-state index is 12.2. The van der Waals surface area contributed by atoms with Crippen LogP contribution in [0.15, 0.2) is 53.7 Å². The molecule has 2 aromatic carbocycles. The molecule has 0 unspecified atom stereocenters. The van der Waals surface area contributed by atoms with Crippen LogP contribution in [0.25, 0.3) is 11.4 Å². The number of rotatable bonds is 6. The molecule has 3 aromatic rings. The van der Waals surface area contributed by atoms with Gasteiger partial charge in [0.15, 0.2) is 11.6 Å². The average molecular weight is 358 g/mol. The van der Waals surface area contributed by atoms with E-state index in [0.717, 1.165) is 12.0 Å². The van der Waals surface area contributed by atoms with Gasteiger partial charge in [0, 0.05) is 11.1 Å². The van der Waals surface area contributed by atoms with Crippen LogP contribution in [0.2, 0.25) is 5.02 Å². The Labute approximate surface area is 149 Å². The number of carbonyl (C=O) groups is 1. The van der Waals surface area contributed by atoms with Crippen LogP contribution in [0.4, 0.5) is 0 Å². The van der Waals surface area contributed by atoms with Crippen molar-refractivity contribution in [2.45, 2.75) is 18.5 Å². The van der Waals surface area contributed by atoms with Crippen LogP contribution in [-0.2, 0) is 6.42 Å².